The van der Waals surface area contributed by atoms with Crippen LogP contribution in [0, 0.1) is 5.92 Å². The van der Waals surface area contributed by atoms with Crippen LogP contribution in [-0.4, -0.2) is 38.1 Å². The standard InChI is InChI=1S/C15H22N2O2.ClH/c1-17(15(18)10-16-9-12-3-4-12)11-13-5-7-14(19-2)8-6-13;/h5-8,12,16H,3-4,9-11H2,1-2H3;1H. The summed E-state index contributed by atoms with van der Waals surface area (Å²) in [5.41, 5.74) is 1.11. The molecular weight excluding hydrogens is 276 g/mol. The fourth-order valence-corrected chi connectivity index (χ4v) is 1.93. The fourth-order valence-electron chi connectivity index (χ4n) is 1.93. The van der Waals surface area contributed by atoms with Crippen molar-refractivity contribution in [2.45, 2.75) is 19.4 Å². The van der Waals surface area contributed by atoms with Crippen LogP contribution in [0.1, 0.15) is 18.4 Å². The van der Waals surface area contributed by atoms with Crippen LogP contribution in [0.25, 0.3) is 0 Å². The van der Waals surface area contributed by atoms with E-state index in [1.54, 1.807) is 12.0 Å². The number of hydrogen-bond acceptors (Lipinski definition) is 3. The van der Waals surface area contributed by atoms with E-state index >= 15 is 0 Å². The molecule has 0 spiro atoms. The number of carbonyl (C=O) groups excluding carboxylic acids is 1. The van der Waals surface area contributed by atoms with Crippen molar-refractivity contribution < 1.29 is 9.53 Å². The number of likely N-dealkylation sites (N-methyl/N-ethyl adjacent to an activating group) is 1. The zero-order valence-electron chi connectivity index (χ0n) is 12.1. The van der Waals surface area contributed by atoms with Crippen LogP contribution in [0.4, 0.5) is 0 Å². The molecule has 112 valence electrons. The summed E-state index contributed by atoms with van der Waals surface area (Å²) in [6, 6.07) is 7.80. The van der Waals surface area contributed by atoms with Gasteiger partial charge < -0.3 is 15.0 Å². The first kappa shape index (κ1) is 16.8. The van der Waals surface area contributed by atoms with Crippen molar-refractivity contribution >= 4 is 18.3 Å². The van der Waals surface area contributed by atoms with E-state index in [0.29, 0.717) is 13.1 Å². The van der Waals surface area contributed by atoms with Crippen LogP contribution in [0.15, 0.2) is 24.3 Å². The largest absolute Gasteiger partial charge is 0.497 e. The molecule has 20 heavy (non-hydrogen) atoms. The first-order chi connectivity index (χ1) is 9.19. The smallest absolute Gasteiger partial charge is 0.236 e. The maximum Gasteiger partial charge on any atom is 0.236 e. The number of rotatable bonds is 7. The Morgan fingerprint density at radius 3 is 2.55 bits per heavy atom. The predicted molar refractivity (Wildman–Crippen MR) is 82.3 cm³/mol. The lowest BCUT2D eigenvalue weighted by molar-refractivity contribution is -0.129. The summed E-state index contributed by atoms with van der Waals surface area (Å²) >= 11 is 0. The summed E-state index contributed by atoms with van der Waals surface area (Å²) < 4.78 is 5.11. The highest BCUT2D eigenvalue weighted by molar-refractivity contribution is 5.85. The van der Waals surface area contributed by atoms with Gasteiger partial charge in [0, 0.05) is 13.6 Å². The van der Waals surface area contributed by atoms with E-state index in [9.17, 15) is 4.79 Å². The highest BCUT2D eigenvalue weighted by Gasteiger charge is 2.20. The second kappa shape index (κ2) is 8.12. The van der Waals surface area contributed by atoms with Crippen LogP contribution in [0.5, 0.6) is 5.75 Å². The third-order valence-corrected chi connectivity index (χ3v) is 3.41. The number of nitrogens with one attached hydrogen (secondary N) is 1. The highest BCUT2D eigenvalue weighted by atomic mass is 35.5. The van der Waals surface area contributed by atoms with E-state index in [2.05, 4.69) is 5.32 Å². The first-order valence-corrected chi connectivity index (χ1v) is 6.76. The monoisotopic (exact) mass is 298 g/mol. The van der Waals surface area contributed by atoms with E-state index in [1.165, 1.54) is 12.8 Å². The molecule has 2 rings (SSSR count). The van der Waals surface area contributed by atoms with Gasteiger partial charge in [0.25, 0.3) is 0 Å². The quantitative estimate of drug-likeness (QED) is 0.838. The normalized spacial score (nSPS) is 13.5. The van der Waals surface area contributed by atoms with Crippen molar-refractivity contribution in [3.8, 4) is 5.75 Å². The molecule has 0 heterocycles. The third kappa shape index (κ3) is 5.39. The lowest BCUT2D eigenvalue weighted by Gasteiger charge is -2.17. The van der Waals surface area contributed by atoms with Crippen molar-refractivity contribution in [2.75, 3.05) is 27.2 Å². The summed E-state index contributed by atoms with van der Waals surface area (Å²) in [4.78, 5) is 13.7. The molecule has 1 saturated carbocycles. The molecule has 0 aliphatic heterocycles. The van der Waals surface area contributed by atoms with Crippen LogP contribution in [0.2, 0.25) is 0 Å². The number of halogens is 1. The van der Waals surface area contributed by atoms with Crippen molar-refractivity contribution in [3.05, 3.63) is 29.8 Å². The Balaban J connectivity index is 0.00000200. The molecule has 1 aromatic carbocycles. The molecule has 0 bridgehead atoms. The minimum atomic E-state index is 0. The average molecular weight is 299 g/mol. The van der Waals surface area contributed by atoms with Gasteiger partial charge in [-0.3, -0.25) is 4.79 Å². The van der Waals surface area contributed by atoms with E-state index in [4.69, 9.17) is 4.74 Å². The average Bonchev–Trinajstić information content (AvgIpc) is 3.23. The first-order valence-electron chi connectivity index (χ1n) is 6.76. The van der Waals surface area contributed by atoms with Gasteiger partial charge in [-0.1, -0.05) is 12.1 Å². The van der Waals surface area contributed by atoms with Gasteiger partial charge in [0.2, 0.25) is 5.91 Å². The molecule has 1 amide bonds. The minimum absolute atomic E-state index is 0. The second-order valence-corrected chi connectivity index (χ2v) is 5.17. The molecule has 0 saturated heterocycles. The Kier molecular flexibility index (Phi) is 6.82. The SMILES string of the molecule is COc1ccc(CN(C)C(=O)CNCC2CC2)cc1.Cl. The van der Waals surface area contributed by atoms with Crippen LogP contribution < -0.4 is 10.1 Å². The van der Waals surface area contributed by atoms with Crippen molar-refractivity contribution in [1.29, 1.82) is 0 Å². The molecule has 1 aliphatic carbocycles. The van der Waals surface area contributed by atoms with Gasteiger partial charge in [-0.15, -0.1) is 12.4 Å². The van der Waals surface area contributed by atoms with Gasteiger partial charge in [0.05, 0.1) is 13.7 Å². The molecule has 0 unspecified atom stereocenters. The molecule has 0 aromatic heterocycles. The van der Waals surface area contributed by atoms with Gasteiger partial charge in [-0.25, -0.2) is 0 Å². The zero-order valence-corrected chi connectivity index (χ0v) is 12.9. The lowest BCUT2D eigenvalue weighted by atomic mass is 10.2. The Bertz CT molecular complexity index is 418. The maximum atomic E-state index is 11.9. The van der Waals surface area contributed by atoms with E-state index < -0.39 is 0 Å². The van der Waals surface area contributed by atoms with Gasteiger partial charge in [0.15, 0.2) is 0 Å². The number of hydrogen-bond donors (Lipinski definition) is 1. The molecule has 1 fully saturated rings. The molecule has 1 aliphatic rings. The topological polar surface area (TPSA) is 41.6 Å². The van der Waals surface area contributed by atoms with Gasteiger partial charge >= 0.3 is 0 Å². The lowest BCUT2D eigenvalue weighted by Crippen LogP contribution is -2.35. The van der Waals surface area contributed by atoms with Gasteiger partial charge in [-0.05, 0) is 43.0 Å². The number of carbonyl (C=O) groups is 1. The second-order valence-electron chi connectivity index (χ2n) is 5.17. The number of ether oxygens (including phenoxy) is 1. The van der Waals surface area contributed by atoms with Crippen molar-refractivity contribution in [2.24, 2.45) is 5.92 Å². The molecule has 4 nitrogen and oxygen atoms in total. The van der Waals surface area contributed by atoms with Crippen molar-refractivity contribution in [3.63, 3.8) is 0 Å². The summed E-state index contributed by atoms with van der Waals surface area (Å²) in [5.74, 6) is 1.78. The molecular formula is C15H23ClN2O2. The summed E-state index contributed by atoms with van der Waals surface area (Å²) in [6.45, 7) is 2.04. The maximum absolute atomic E-state index is 11.9. The summed E-state index contributed by atoms with van der Waals surface area (Å²) in [7, 11) is 3.49. The van der Waals surface area contributed by atoms with E-state index in [0.717, 1.165) is 23.8 Å². The number of benzene rings is 1. The van der Waals surface area contributed by atoms with Crippen LogP contribution >= 0.6 is 12.4 Å². The Labute approximate surface area is 126 Å². The van der Waals surface area contributed by atoms with E-state index in [1.807, 2.05) is 31.3 Å². The third-order valence-electron chi connectivity index (χ3n) is 3.41. The van der Waals surface area contributed by atoms with Gasteiger partial charge in [-0.2, -0.15) is 0 Å². The van der Waals surface area contributed by atoms with Crippen LogP contribution in [0.3, 0.4) is 0 Å². The predicted octanol–water partition coefficient (Wildman–Crippen LogP) is 2.07. The molecule has 0 atom stereocenters. The Morgan fingerprint density at radius 2 is 2.00 bits per heavy atom. The Hall–Kier alpha value is -1.26. The molecule has 1 aromatic rings. The number of methoxy groups -OCH3 is 1. The highest BCUT2D eigenvalue weighted by Crippen LogP contribution is 2.27. The number of nitrogens with zero attached hydrogens (tertiary/aromatic N) is 1. The van der Waals surface area contributed by atoms with Crippen LogP contribution in [-0.2, 0) is 11.3 Å². The minimum Gasteiger partial charge on any atom is -0.497 e. The summed E-state index contributed by atoms with van der Waals surface area (Å²) in [6.07, 6.45) is 2.62. The molecule has 5 heteroatoms. The van der Waals surface area contributed by atoms with E-state index in [-0.39, 0.29) is 18.3 Å². The molecule has 0 radical (unpaired) electrons. The Morgan fingerprint density at radius 1 is 1.35 bits per heavy atom. The molecule has 1 N–H and O–H groups in total. The van der Waals surface area contributed by atoms with Gasteiger partial charge in [0.1, 0.15) is 5.75 Å². The zero-order chi connectivity index (χ0) is 13.7. The summed E-state index contributed by atoms with van der Waals surface area (Å²) in [5, 5.41) is 3.22. The van der Waals surface area contributed by atoms with Crippen molar-refractivity contribution in [1.82, 2.24) is 10.2 Å². The number of amides is 1. The fraction of sp³-hybridized carbons (Fsp3) is 0.533.